The molecule has 0 aromatic carbocycles. The summed E-state index contributed by atoms with van der Waals surface area (Å²) in [7, 11) is 0. The minimum Gasteiger partial charge on any atom is -0.463 e. The first kappa shape index (κ1) is 23.3. The van der Waals surface area contributed by atoms with Gasteiger partial charge in [-0.1, -0.05) is 71.1 Å². The van der Waals surface area contributed by atoms with E-state index in [1.807, 2.05) is 0 Å². The molecule has 0 aromatic rings. The van der Waals surface area contributed by atoms with E-state index in [1.54, 1.807) is 0 Å². The number of rotatable bonds is 15. The van der Waals surface area contributed by atoms with Crippen molar-refractivity contribution in [3.63, 3.8) is 0 Å². The van der Waals surface area contributed by atoms with E-state index in [0.29, 0.717) is 6.42 Å². The highest BCUT2D eigenvalue weighted by molar-refractivity contribution is 5.69. The van der Waals surface area contributed by atoms with Crippen molar-refractivity contribution in [2.45, 2.75) is 108 Å². The summed E-state index contributed by atoms with van der Waals surface area (Å²) in [4.78, 5) is 11.7. The summed E-state index contributed by atoms with van der Waals surface area (Å²) in [5.41, 5.74) is 0. The normalized spacial score (nSPS) is 23.9. The van der Waals surface area contributed by atoms with Crippen LogP contribution in [0.1, 0.15) is 84.0 Å². The maximum atomic E-state index is 11.7. The molecule has 1 rings (SSSR count). The summed E-state index contributed by atoms with van der Waals surface area (Å²) in [6.07, 6.45) is 9.65. The van der Waals surface area contributed by atoms with Crippen molar-refractivity contribution in [2.24, 2.45) is 0 Å². The summed E-state index contributed by atoms with van der Waals surface area (Å²) < 4.78 is 10.1. The van der Waals surface area contributed by atoms with Gasteiger partial charge < -0.3 is 24.8 Å². The van der Waals surface area contributed by atoms with Gasteiger partial charge in [-0.05, 0) is 6.42 Å². The Morgan fingerprint density at radius 1 is 1.00 bits per heavy atom. The molecule has 0 amide bonds. The second-order valence-electron chi connectivity index (χ2n) is 7.39. The summed E-state index contributed by atoms with van der Waals surface area (Å²) in [5.74, 6) is -0.340. The number of carbonyl (C=O) groups is 1. The Balaban J connectivity index is 1.91. The molecular formula is C20H38O6. The third-order valence-corrected chi connectivity index (χ3v) is 4.97. The van der Waals surface area contributed by atoms with Gasteiger partial charge in [-0.3, -0.25) is 4.79 Å². The second-order valence-corrected chi connectivity index (χ2v) is 7.39. The smallest absolute Gasteiger partial charge is 0.305 e. The molecule has 1 unspecified atom stereocenters. The zero-order valence-corrected chi connectivity index (χ0v) is 16.3. The van der Waals surface area contributed by atoms with E-state index in [0.717, 1.165) is 19.3 Å². The molecule has 3 N–H and O–H groups in total. The number of aliphatic hydroxyl groups excluding tert-OH is 3. The molecule has 1 saturated heterocycles. The maximum Gasteiger partial charge on any atom is 0.305 e. The topological polar surface area (TPSA) is 96.2 Å². The SMILES string of the molecule is CCCCCCCCCCCCCC(=O)OCC(O)[C@H]1OC[C@@H](O)[C@@H]1O. The summed E-state index contributed by atoms with van der Waals surface area (Å²) in [6.45, 7) is 2.00. The van der Waals surface area contributed by atoms with Gasteiger partial charge in [0.1, 0.15) is 31.0 Å². The van der Waals surface area contributed by atoms with E-state index in [-0.39, 0.29) is 19.2 Å². The molecule has 0 bridgehead atoms. The van der Waals surface area contributed by atoms with Crippen molar-refractivity contribution in [3.05, 3.63) is 0 Å². The Labute approximate surface area is 157 Å². The highest BCUT2D eigenvalue weighted by Crippen LogP contribution is 2.18. The standard InChI is InChI=1S/C20H38O6/c1-2-3-4-5-6-7-8-9-10-11-12-13-18(23)25-15-17(22)20-19(24)16(21)14-26-20/h16-17,19-22,24H,2-15H2,1H3/t16-,17?,19+,20-/m1/s1. The van der Waals surface area contributed by atoms with Crippen molar-refractivity contribution in [2.75, 3.05) is 13.2 Å². The van der Waals surface area contributed by atoms with Crippen LogP contribution in [0.3, 0.4) is 0 Å². The van der Waals surface area contributed by atoms with Gasteiger partial charge in [-0.2, -0.15) is 0 Å². The van der Waals surface area contributed by atoms with E-state index in [4.69, 9.17) is 9.47 Å². The third-order valence-electron chi connectivity index (χ3n) is 4.97. The molecule has 1 aliphatic rings. The number of esters is 1. The summed E-state index contributed by atoms with van der Waals surface area (Å²) in [6, 6.07) is 0. The van der Waals surface area contributed by atoms with Crippen molar-refractivity contribution in [3.8, 4) is 0 Å². The van der Waals surface area contributed by atoms with Gasteiger partial charge in [0, 0.05) is 6.42 Å². The Morgan fingerprint density at radius 2 is 1.54 bits per heavy atom. The van der Waals surface area contributed by atoms with Gasteiger partial charge in [0.25, 0.3) is 0 Å². The minimum absolute atomic E-state index is 0.0183. The molecule has 4 atom stereocenters. The van der Waals surface area contributed by atoms with Crippen LogP contribution in [0.4, 0.5) is 0 Å². The molecule has 1 heterocycles. The van der Waals surface area contributed by atoms with Crippen LogP contribution in [0, 0.1) is 0 Å². The number of hydrogen-bond acceptors (Lipinski definition) is 6. The molecule has 0 aromatic heterocycles. The lowest BCUT2D eigenvalue weighted by Crippen LogP contribution is -2.41. The van der Waals surface area contributed by atoms with Gasteiger partial charge in [-0.25, -0.2) is 0 Å². The van der Waals surface area contributed by atoms with Crippen LogP contribution in [0.25, 0.3) is 0 Å². The van der Waals surface area contributed by atoms with Crippen LogP contribution >= 0.6 is 0 Å². The Bertz CT molecular complexity index is 362. The Hall–Kier alpha value is -0.690. The number of unbranched alkanes of at least 4 members (excludes halogenated alkanes) is 10. The highest BCUT2D eigenvalue weighted by Gasteiger charge is 2.39. The van der Waals surface area contributed by atoms with Crippen LogP contribution in [0.2, 0.25) is 0 Å². The number of hydrogen-bond donors (Lipinski definition) is 3. The first-order valence-corrected chi connectivity index (χ1v) is 10.4. The zero-order chi connectivity index (χ0) is 19.2. The van der Waals surface area contributed by atoms with E-state index < -0.39 is 24.4 Å². The first-order chi connectivity index (χ1) is 12.6. The highest BCUT2D eigenvalue weighted by atomic mass is 16.6. The average molecular weight is 375 g/mol. The fourth-order valence-electron chi connectivity index (χ4n) is 3.24. The molecule has 0 radical (unpaired) electrons. The predicted octanol–water partition coefficient (Wildman–Crippen LogP) is 2.71. The molecule has 154 valence electrons. The molecule has 26 heavy (non-hydrogen) atoms. The monoisotopic (exact) mass is 374 g/mol. The van der Waals surface area contributed by atoms with Gasteiger partial charge >= 0.3 is 5.97 Å². The lowest BCUT2D eigenvalue weighted by Gasteiger charge is -2.20. The van der Waals surface area contributed by atoms with Gasteiger partial charge in [-0.15, -0.1) is 0 Å². The van der Waals surface area contributed by atoms with Crippen molar-refractivity contribution >= 4 is 5.97 Å². The molecule has 1 fully saturated rings. The van der Waals surface area contributed by atoms with Crippen LogP contribution in [-0.4, -0.2) is 58.9 Å². The van der Waals surface area contributed by atoms with Gasteiger partial charge in [0.2, 0.25) is 0 Å². The van der Waals surface area contributed by atoms with E-state index in [2.05, 4.69) is 6.92 Å². The van der Waals surface area contributed by atoms with Crippen molar-refractivity contribution < 1.29 is 29.6 Å². The molecule has 0 aliphatic carbocycles. The lowest BCUT2D eigenvalue weighted by molar-refractivity contribution is -0.151. The van der Waals surface area contributed by atoms with Crippen LogP contribution in [0.5, 0.6) is 0 Å². The molecule has 1 aliphatic heterocycles. The average Bonchev–Trinajstić information content (AvgIpc) is 2.96. The number of carbonyl (C=O) groups excluding carboxylic acids is 1. The second kappa shape index (κ2) is 14.4. The fourth-order valence-corrected chi connectivity index (χ4v) is 3.24. The first-order valence-electron chi connectivity index (χ1n) is 10.4. The minimum atomic E-state index is -1.14. The number of ether oxygens (including phenoxy) is 2. The maximum absolute atomic E-state index is 11.7. The summed E-state index contributed by atoms with van der Waals surface area (Å²) >= 11 is 0. The van der Waals surface area contributed by atoms with Crippen LogP contribution in [-0.2, 0) is 14.3 Å². The molecule has 0 spiro atoms. The molecular weight excluding hydrogens is 336 g/mol. The zero-order valence-electron chi connectivity index (χ0n) is 16.3. The third kappa shape index (κ3) is 9.86. The van der Waals surface area contributed by atoms with E-state index in [1.165, 1.54) is 51.4 Å². The predicted molar refractivity (Wildman–Crippen MR) is 99.8 cm³/mol. The quantitative estimate of drug-likeness (QED) is 0.301. The lowest BCUT2D eigenvalue weighted by atomic mass is 10.1. The largest absolute Gasteiger partial charge is 0.463 e. The Kier molecular flexibility index (Phi) is 12.9. The molecule has 6 nitrogen and oxygen atoms in total. The molecule has 6 heteroatoms. The van der Waals surface area contributed by atoms with Crippen LogP contribution in [0.15, 0.2) is 0 Å². The Morgan fingerprint density at radius 3 is 2.04 bits per heavy atom. The van der Waals surface area contributed by atoms with Gasteiger partial charge in [0.05, 0.1) is 6.61 Å². The fraction of sp³-hybridized carbons (Fsp3) is 0.950. The van der Waals surface area contributed by atoms with Crippen LogP contribution < -0.4 is 0 Å². The summed E-state index contributed by atoms with van der Waals surface area (Å²) in [5, 5.41) is 28.9. The van der Waals surface area contributed by atoms with Gasteiger partial charge in [0.15, 0.2) is 0 Å². The van der Waals surface area contributed by atoms with E-state index >= 15 is 0 Å². The number of aliphatic hydroxyl groups is 3. The van der Waals surface area contributed by atoms with Crippen molar-refractivity contribution in [1.29, 1.82) is 0 Å². The van der Waals surface area contributed by atoms with E-state index in [9.17, 15) is 20.1 Å². The van der Waals surface area contributed by atoms with Crippen molar-refractivity contribution in [1.82, 2.24) is 0 Å². The molecule has 0 saturated carbocycles.